The highest BCUT2D eigenvalue weighted by atomic mass is 79.9. The van der Waals surface area contributed by atoms with Crippen LogP contribution < -0.4 is 5.73 Å². The van der Waals surface area contributed by atoms with Gasteiger partial charge in [-0.15, -0.1) is 0 Å². The van der Waals surface area contributed by atoms with E-state index in [9.17, 15) is 0 Å². The molecule has 22 heavy (non-hydrogen) atoms. The number of nitrogen functional groups attached to an aromatic ring is 1. The molecule has 0 aromatic carbocycles. The van der Waals surface area contributed by atoms with Crippen molar-refractivity contribution in [2.24, 2.45) is 0 Å². The van der Waals surface area contributed by atoms with E-state index in [0.29, 0.717) is 17.3 Å². The molecule has 0 amide bonds. The van der Waals surface area contributed by atoms with E-state index in [1.54, 1.807) is 4.68 Å². The van der Waals surface area contributed by atoms with Crippen LogP contribution in [0.4, 0.5) is 5.95 Å². The predicted molar refractivity (Wildman–Crippen MR) is 90.0 cm³/mol. The summed E-state index contributed by atoms with van der Waals surface area (Å²) < 4.78 is 2.81. The van der Waals surface area contributed by atoms with Gasteiger partial charge in [0.2, 0.25) is 5.95 Å². The van der Waals surface area contributed by atoms with Gasteiger partial charge < -0.3 is 5.73 Å². The summed E-state index contributed by atoms with van der Waals surface area (Å²) in [6.07, 6.45) is 1.83. The predicted octanol–water partition coefficient (Wildman–Crippen LogP) is 3.19. The topological polar surface area (TPSA) is 82.5 Å². The zero-order chi connectivity index (χ0) is 16.0. The molecule has 0 fully saturated rings. The lowest BCUT2D eigenvalue weighted by molar-refractivity contribution is 0.677. The second-order valence-electron chi connectivity index (χ2n) is 5.14. The van der Waals surface area contributed by atoms with Crippen LogP contribution in [-0.4, -0.2) is 24.7 Å². The van der Waals surface area contributed by atoms with Crippen molar-refractivity contribution in [2.45, 2.75) is 27.3 Å². The third kappa shape index (κ3) is 2.44. The van der Waals surface area contributed by atoms with Gasteiger partial charge in [-0.25, -0.2) is 9.67 Å². The number of halogens is 2. The highest BCUT2D eigenvalue weighted by molar-refractivity contribution is 9.10. The Kier molecular flexibility index (Phi) is 3.78. The van der Waals surface area contributed by atoms with E-state index in [-0.39, 0.29) is 5.95 Å². The van der Waals surface area contributed by atoms with Crippen LogP contribution in [0.2, 0.25) is 5.15 Å². The van der Waals surface area contributed by atoms with Crippen LogP contribution in [0.15, 0.2) is 10.7 Å². The van der Waals surface area contributed by atoms with Crippen molar-refractivity contribution in [2.75, 3.05) is 5.73 Å². The van der Waals surface area contributed by atoms with E-state index in [1.165, 1.54) is 0 Å². The first-order chi connectivity index (χ1) is 10.4. The van der Waals surface area contributed by atoms with Crippen LogP contribution in [0.1, 0.15) is 22.5 Å². The van der Waals surface area contributed by atoms with Crippen molar-refractivity contribution in [3.63, 3.8) is 0 Å². The van der Waals surface area contributed by atoms with Gasteiger partial charge in [0, 0.05) is 10.7 Å². The van der Waals surface area contributed by atoms with Gasteiger partial charge in [0.1, 0.15) is 5.15 Å². The Morgan fingerprint density at radius 2 is 2.00 bits per heavy atom. The molecule has 8 heteroatoms. The fourth-order valence-electron chi connectivity index (χ4n) is 2.38. The van der Waals surface area contributed by atoms with Gasteiger partial charge in [-0.05, 0) is 31.9 Å². The second kappa shape index (κ2) is 5.48. The number of aromatic nitrogens is 5. The van der Waals surface area contributed by atoms with Crippen molar-refractivity contribution in [3.8, 4) is 0 Å². The molecule has 0 spiro atoms. The van der Waals surface area contributed by atoms with Crippen molar-refractivity contribution in [3.05, 3.63) is 38.3 Å². The number of nitrogens with zero attached hydrogens (tertiary/aromatic N) is 5. The fraction of sp³-hybridized carbons (Fsp3) is 0.286. The summed E-state index contributed by atoms with van der Waals surface area (Å²) in [6.45, 7) is 6.39. The molecule has 114 valence electrons. The molecule has 0 radical (unpaired) electrons. The number of fused-ring (bicyclic) bond motifs is 1. The minimum atomic E-state index is 0.133. The van der Waals surface area contributed by atoms with Crippen LogP contribution in [-0.2, 0) is 6.54 Å². The summed E-state index contributed by atoms with van der Waals surface area (Å²) >= 11 is 9.74. The molecule has 0 aliphatic carbocycles. The summed E-state index contributed by atoms with van der Waals surface area (Å²) in [4.78, 5) is 12.7. The van der Waals surface area contributed by atoms with Crippen LogP contribution in [0.5, 0.6) is 0 Å². The van der Waals surface area contributed by atoms with Gasteiger partial charge in [0.25, 0.3) is 0 Å². The molecule has 2 N–H and O–H groups in total. The van der Waals surface area contributed by atoms with Crippen molar-refractivity contribution >= 4 is 44.5 Å². The number of hydrogen-bond donors (Lipinski definition) is 1. The van der Waals surface area contributed by atoms with Gasteiger partial charge >= 0.3 is 0 Å². The van der Waals surface area contributed by atoms with E-state index < -0.39 is 0 Å². The molecule has 3 rings (SSSR count). The van der Waals surface area contributed by atoms with Gasteiger partial charge in [0.05, 0.1) is 23.3 Å². The Balaban J connectivity index is 2.14. The number of aryl methyl sites for hydroxylation is 2. The molecule has 0 saturated carbocycles. The SMILES string of the molecule is Cc1cnc(Cn2nc(C)c3c(Cl)nc(N)nc32)c(C)c1Br. The zero-order valence-electron chi connectivity index (χ0n) is 12.4. The smallest absolute Gasteiger partial charge is 0.223 e. The van der Waals surface area contributed by atoms with Gasteiger partial charge in [-0.1, -0.05) is 27.5 Å². The molecule has 0 unspecified atom stereocenters. The number of hydrogen-bond acceptors (Lipinski definition) is 5. The summed E-state index contributed by atoms with van der Waals surface area (Å²) in [6, 6.07) is 0. The fourth-order valence-corrected chi connectivity index (χ4v) is 3.02. The third-order valence-electron chi connectivity index (χ3n) is 3.56. The van der Waals surface area contributed by atoms with Gasteiger partial charge in [-0.3, -0.25) is 4.98 Å². The molecule has 0 saturated heterocycles. The van der Waals surface area contributed by atoms with Gasteiger partial charge in [-0.2, -0.15) is 10.1 Å². The lowest BCUT2D eigenvalue weighted by Gasteiger charge is -2.09. The summed E-state index contributed by atoms with van der Waals surface area (Å²) in [5, 5.41) is 5.54. The second-order valence-corrected chi connectivity index (χ2v) is 6.29. The first-order valence-corrected chi connectivity index (χ1v) is 7.82. The Hall–Kier alpha value is -1.73. The average Bonchev–Trinajstić information content (AvgIpc) is 2.76. The monoisotopic (exact) mass is 380 g/mol. The van der Waals surface area contributed by atoms with Crippen LogP contribution >= 0.6 is 27.5 Å². The lowest BCUT2D eigenvalue weighted by Crippen LogP contribution is -2.08. The van der Waals surface area contributed by atoms with Crippen molar-refractivity contribution in [1.82, 2.24) is 24.7 Å². The van der Waals surface area contributed by atoms with Crippen LogP contribution in [0.25, 0.3) is 11.0 Å². The first kappa shape index (κ1) is 15.2. The normalized spacial score (nSPS) is 11.3. The van der Waals surface area contributed by atoms with E-state index in [1.807, 2.05) is 27.0 Å². The number of nitrogens with two attached hydrogens (primary N) is 1. The largest absolute Gasteiger partial charge is 0.368 e. The summed E-state index contributed by atoms with van der Waals surface area (Å²) in [5.41, 5.74) is 10.2. The van der Waals surface area contributed by atoms with E-state index >= 15 is 0 Å². The molecule has 6 nitrogen and oxygen atoms in total. The third-order valence-corrected chi connectivity index (χ3v) is 5.06. The van der Waals surface area contributed by atoms with Crippen LogP contribution in [0, 0.1) is 20.8 Å². The molecular weight excluding hydrogens is 368 g/mol. The highest BCUT2D eigenvalue weighted by Gasteiger charge is 2.16. The first-order valence-electron chi connectivity index (χ1n) is 6.65. The molecular formula is C14H14BrClN6. The molecule has 3 heterocycles. The number of pyridine rings is 1. The van der Waals surface area contributed by atoms with E-state index in [2.05, 4.69) is 36.0 Å². The van der Waals surface area contributed by atoms with Crippen molar-refractivity contribution in [1.29, 1.82) is 0 Å². The van der Waals surface area contributed by atoms with Crippen molar-refractivity contribution < 1.29 is 0 Å². The Labute approximate surface area is 140 Å². The minimum Gasteiger partial charge on any atom is -0.368 e. The Morgan fingerprint density at radius 3 is 2.73 bits per heavy atom. The minimum absolute atomic E-state index is 0.133. The number of anilines is 1. The van der Waals surface area contributed by atoms with E-state index in [0.717, 1.165) is 32.4 Å². The Morgan fingerprint density at radius 1 is 1.27 bits per heavy atom. The maximum Gasteiger partial charge on any atom is 0.223 e. The highest BCUT2D eigenvalue weighted by Crippen LogP contribution is 2.26. The molecule has 0 atom stereocenters. The zero-order valence-corrected chi connectivity index (χ0v) is 14.7. The molecule has 0 bridgehead atoms. The molecule has 3 aromatic rings. The summed E-state index contributed by atoms with van der Waals surface area (Å²) in [7, 11) is 0. The molecule has 0 aliphatic rings. The van der Waals surface area contributed by atoms with E-state index in [4.69, 9.17) is 17.3 Å². The average molecular weight is 382 g/mol. The number of rotatable bonds is 2. The molecule has 0 aliphatic heterocycles. The standard InChI is InChI=1S/C14H14BrClN6/c1-6-4-18-9(7(2)11(6)15)5-22-13-10(8(3)21-22)12(16)19-14(17)20-13/h4H,5H2,1-3H3,(H2,17,19,20). The van der Waals surface area contributed by atoms with Gasteiger partial charge in [0.15, 0.2) is 5.65 Å². The molecule has 3 aromatic heterocycles. The maximum atomic E-state index is 6.15. The maximum absolute atomic E-state index is 6.15. The van der Waals surface area contributed by atoms with Crippen LogP contribution in [0.3, 0.4) is 0 Å². The Bertz CT molecular complexity index is 889. The quantitative estimate of drug-likeness (QED) is 0.689. The summed E-state index contributed by atoms with van der Waals surface area (Å²) in [5.74, 6) is 0.133. The lowest BCUT2D eigenvalue weighted by atomic mass is 10.1.